The molecule has 0 spiro atoms. The third-order valence-corrected chi connectivity index (χ3v) is 6.23. The number of hydrogen-bond donors (Lipinski definition) is 1. The van der Waals surface area contributed by atoms with E-state index in [4.69, 9.17) is 0 Å². The number of anilines is 1. The lowest BCUT2D eigenvalue weighted by atomic mass is 10.0. The molecule has 1 aliphatic rings. The van der Waals surface area contributed by atoms with Crippen LogP contribution in [0.2, 0.25) is 0 Å². The Morgan fingerprint density at radius 1 is 1.19 bits per heavy atom. The summed E-state index contributed by atoms with van der Waals surface area (Å²) in [6.07, 6.45) is 1.13. The summed E-state index contributed by atoms with van der Waals surface area (Å²) < 4.78 is 28.0. The van der Waals surface area contributed by atoms with Crippen LogP contribution < -0.4 is 9.62 Å². The SMILES string of the molecule is CCC(=O)N1CCc2cc(S(=O)(=O)NCC(C)c3ccccc3)ccc21. The summed E-state index contributed by atoms with van der Waals surface area (Å²) in [6, 6.07) is 14.8. The summed E-state index contributed by atoms with van der Waals surface area (Å²) in [4.78, 5) is 14.0. The van der Waals surface area contributed by atoms with E-state index in [0.717, 1.165) is 16.8 Å². The second-order valence-electron chi connectivity index (χ2n) is 6.60. The summed E-state index contributed by atoms with van der Waals surface area (Å²) in [5, 5.41) is 0. The van der Waals surface area contributed by atoms with Crippen LogP contribution in [0, 0.1) is 0 Å². The molecule has 0 saturated heterocycles. The second-order valence-corrected chi connectivity index (χ2v) is 8.37. The molecule has 6 heteroatoms. The van der Waals surface area contributed by atoms with E-state index in [2.05, 4.69) is 4.72 Å². The highest BCUT2D eigenvalue weighted by Gasteiger charge is 2.25. The van der Waals surface area contributed by atoms with Gasteiger partial charge in [-0.2, -0.15) is 0 Å². The first-order valence-corrected chi connectivity index (χ1v) is 10.4. The predicted molar refractivity (Wildman–Crippen MR) is 103 cm³/mol. The number of sulfonamides is 1. The topological polar surface area (TPSA) is 66.5 Å². The Morgan fingerprint density at radius 2 is 1.92 bits per heavy atom. The van der Waals surface area contributed by atoms with Crippen molar-refractivity contribution in [2.75, 3.05) is 18.0 Å². The molecule has 2 aromatic rings. The number of nitrogens with zero attached hydrogens (tertiary/aromatic N) is 1. The molecule has 1 amide bonds. The number of fused-ring (bicyclic) bond motifs is 1. The van der Waals surface area contributed by atoms with Crippen molar-refractivity contribution in [1.82, 2.24) is 4.72 Å². The van der Waals surface area contributed by atoms with E-state index < -0.39 is 10.0 Å². The lowest BCUT2D eigenvalue weighted by molar-refractivity contribution is -0.118. The van der Waals surface area contributed by atoms with Crippen LogP contribution in [0.3, 0.4) is 0 Å². The highest BCUT2D eigenvalue weighted by molar-refractivity contribution is 7.89. The van der Waals surface area contributed by atoms with Crippen LogP contribution in [0.4, 0.5) is 5.69 Å². The minimum absolute atomic E-state index is 0.0640. The van der Waals surface area contributed by atoms with Gasteiger partial charge < -0.3 is 4.90 Å². The molecule has 3 rings (SSSR count). The Hall–Kier alpha value is -2.18. The molecule has 1 atom stereocenters. The molecule has 0 aromatic heterocycles. The first-order valence-electron chi connectivity index (χ1n) is 8.90. The quantitative estimate of drug-likeness (QED) is 0.847. The third kappa shape index (κ3) is 3.81. The van der Waals surface area contributed by atoms with Gasteiger partial charge >= 0.3 is 0 Å². The standard InChI is InChI=1S/C20H24N2O3S/c1-3-20(23)22-12-11-17-13-18(9-10-19(17)22)26(24,25)21-14-15(2)16-7-5-4-6-8-16/h4-10,13,15,21H,3,11-12,14H2,1-2H3. The summed E-state index contributed by atoms with van der Waals surface area (Å²) in [6.45, 7) is 4.78. The zero-order chi connectivity index (χ0) is 18.7. The molecule has 0 bridgehead atoms. The molecular formula is C20H24N2O3S. The van der Waals surface area contributed by atoms with E-state index in [-0.39, 0.29) is 16.7 Å². The molecule has 1 N–H and O–H groups in total. The Bertz CT molecular complexity index is 895. The molecule has 1 aliphatic heterocycles. The predicted octanol–water partition coefficient (Wildman–Crippen LogP) is 3.07. The van der Waals surface area contributed by atoms with E-state index in [1.807, 2.05) is 44.2 Å². The Balaban J connectivity index is 1.73. The number of benzene rings is 2. The van der Waals surface area contributed by atoms with Crippen molar-refractivity contribution < 1.29 is 13.2 Å². The number of nitrogens with one attached hydrogen (secondary N) is 1. The number of amides is 1. The number of hydrogen-bond acceptors (Lipinski definition) is 3. The molecule has 1 unspecified atom stereocenters. The van der Waals surface area contributed by atoms with Gasteiger partial charge in [-0.15, -0.1) is 0 Å². The fourth-order valence-corrected chi connectivity index (χ4v) is 4.39. The van der Waals surface area contributed by atoms with Gasteiger partial charge in [0.15, 0.2) is 0 Å². The van der Waals surface area contributed by atoms with Crippen molar-refractivity contribution in [1.29, 1.82) is 0 Å². The maximum atomic E-state index is 12.6. The molecule has 5 nitrogen and oxygen atoms in total. The van der Waals surface area contributed by atoms with Crippen LogP contribution in [0.5, 0.6) is 0 Å². The second kappa shape index (κ2) is 7.60. The Labute approximate surface area is 155 Å². The van der Waals surface area contributed by atoms with Crippen molar-refractivity contribution in [3.05, 3.63) is 59.7 Å². The van der Waals surface area contributed by atoms with Gasteiger partial charge in [0.1, 0.15) is 0 Å². The molecule has 0 saturated carbocycles. The van der Waals surface area contributed by atoms with Crippen LogP contribution in [0.15, 0.2) is 53.4 Å². The van der Waals surface area contributed by atoms with Crippen LogP contribution in [-0.4, -0.2) is 27.4 Å². The molecule has 2 aromatic carbocycles. The van der Waals surface area contributed by atoms with Crippen molar-refractivity contribution in [3.63, 3.8) is 0 Å². The van der Waals surface area contributed by atoms with Crippen LogP contribution in [0.25, 0.3) is 0 Å². The van der Waals surface area contributed by atoms with E-state index >= 15 is 0 Å². The molecule has 1 heterocycles. The fraction of sp³-hybridized carbons (Fsp3) is 0.350. The molecule has 138 valence electrons. The third-order valence-electron chi connectivity index (χ3n) is 4.81. The normalized spacial score (nSPS) is 14.9. The summed E-state index contributed by atoms with van der Waals surface area (Å²) >= 11 is 0. The molecular weight excluding hydrogens is 348 g/mol. The minimum atomic E-state index is -3.58. The van der Waals surface area contributed by atoms with Gasteiger partial charge in [-0.3, -0.25) is 4.79 Å². The van der Waals surface area contributed by atoms with E-state index in [1.54, 1.807) is 23.1 Å². The van der Waals surface area contributed by atoms with E-state index in [9.17, 15) is 13.2 Å². The maximum absolute atomic E-state index is 12.6. The smallest absolute Gasteiger partial charge is 0.240 e. The lowest BCUT2D eigenvalue weighted by Gasteiger charge is -2.17. The molecule has 26 heavy (non-hydrogen) atoms. The van der Waals surface area contributed by atoms with Crippen molar-refractivity contribution in [2.24, 2.45) is 0 Å². The van der Waals surface area contributed by atoms with Gasteiger partial charge in [0.25, 0.3) is 0 Å². The maximum Gasteiger partial charge on any atom is 0.240 e. The van der Waals surface area contributed by atoms with Crippen molar-refractivity contribution in [3.8, 4) is 0 Å². The molecule has 0 aliphatic carbocycles. The highest BCUT2D eigenvalue weighted by atomic mass is 32.2. The van der Waals surface area contributed by atoms with Gasteiger partial charge in [-0.1, -0.05) is 44.2 Å². The number of carbonyl (C=O) groups is 1. The van der Waals surface area contributed by atoms with Crippen LogP contribution >= 0.6 is 0 Å². The van der Waals surface area contributed by atoms with Gasteiger partial charge in [-0.05, 0) is 41.7 Å². The van der Waals surface area contributed by atoms with Crippen molar-refractivity contribution >= 4 is 21.6 Å². The Morgan fingerprint density at radius 3 is 2.62 bits per heavy atom. The van der Waals surface area contributed by atoms with Crippen LogP contribution in [0.1, 0.15) is 37.3 Å². The monoisotopic (exact) mass is 372 g/mol. The largest absolute Gasteiger partial charge is 0.312 e. The average molecular weight is 372 g/mol. The lowest BCUT2D eigenvalue weighted by Crippen LogP contribution is -2.28. The van der Waals surface area contributed by atoms with Crippen LogP contribution in [-0.2, 0) is 21.2 Å². The average Bonchev–Trinajstić information content (AvgIpc) is 3.09. The number of carbonyl (C=O) groups excluding carboxylic acids is 1. The zero-order valence-electron chi connectivity index (χ0n) is 15.1. The van der Waals surface area contributed by atoms with Gasteiger partial charge in [0, 0.05) is 25.2 Å². The summed E-state index contributed by atoms with van der Waals surface area (Å²) in [5.74, 6) is 0.146. The molecule has 0 fully saturated rings. The minimum Gasteiger partial charge on any atom is -0.312 e. The molecule has 0 radical (unpaired) electrons. The van der Waals surface area contributed by atoms with E-state index in [1.165, 1.54) is 0 Å². The summed E-state index contributed by atoms with van der Waals surface area (Å²) in [7, 11) is -3.58. The first kappa shape index (κ1) is 18.6. The summed E-state index contributed by atoms with van der Waals surface area (Å²) in [5.41, 5.74) is 2.83. The highest BCUT2D eigenvalue weighted by Crippen LogP contribution is 2.30. The van der Waals surface area contributed by atoms with Gasteiger partial charge in [0.2, 0.25) is 15.9 Å². The first-order chi connectivity index (χ1) is 12.4. The zero-order valence-corrected chi connectivity index (χ0v) is 15.9. The number of rotatable bonds is 6. The Kier molecular flexibility index (Phi) is 5.44. The van der Waals surface area contributed by atoms with Crippen molar-refractivity contribution in [2.45, 2.75) is 37.5 Å². The van der Waals surface area contributed by atoms with E-state index in [0.29, 0.717) is 25.9 Å². The van der Waals surface area contributed by atoms with Gasteiger partial charge in [-0.25, -0.2) is 13.1 Å². The van der Waals surface area contributed by atoms with Gasteiger partial charge in [0.05, 0.1) is 4.90 Å². The fourth-order valence-electron chi connectivity index (χ4n) is 3.21.